The Morgan fingerprint density at radius 1 is 0.921 bits per heavy atom. The lowest BCUT2D eigenvalue weighted by Crippen LogP contribution is -2.51. The number of carbonyl (C=O) groups is 2. The molecule has 0 aliphatic carbocycles. The molecule has 0 unspecified atom stereocenters. The van der Waals surface area contributed by atoms with Crippen molar-refractivity contribution in [2.24, 2.45) is 0 Å². The van der Waals surface area contributed by atoms with Gasteiger partial charge in [-0.2, -0.15) is 0 Å². The minimum Gasteiger partial charge on any atom is -0.357 e. The van der Waals surface area contributed by atoms with Gasteiger partial charge in [0.15, 0.2) is 0 Å². The van der Waals surface area contributed by atoms with Crippen LogP contribution in [-0.4, -0.2) is 44.8 Å². The summed E-state index contributed by atoms with van der Waals surface area (Å²) >= 11 is 12.3. The van der Waals surface area contributed by atoms with E-state index in [2.05, 4.69) is 5.32 Å². The van der Waals surface area contributed by atoms with Crippen LogP contribution in [0.25, 0.3) is 0 Å². The van der Waals surface area contributed by atoms with Crippen LogP contribution in [0.15, 0.2) is 71.6 Å². The normalized spacial score (nSPS) is 12.1. The molecule has 7 nitrogen and oxygen atoms in total. The molecule has 0 heterocycles. The molecule has 38 heavy (non-hydrogen) atoms. The van der Waals surface area contributed by atoms with E-state index >= 15 is 0 Å². The molecule has 0 aromatic heterocycles. The number of benzene rings is 3. The van der Waals surface area contributed by atoms with E-state index in [1.54, 1.807) is 55.5 Å². The zero-order valence-corrected chi connectivity index (χ0v) is 24.1. The van der Waals surface area contributed by atoms with Gasteiger partial charge in [-0.1, -0.05) is 60.5 Å². The third-order valence-electron chi connectivity index (χ3n) is 6.07. The first kappa shape index (κ1) is 29.5. The van der Waals surface area contributed by atoms with Gasteiger partial charge in [-0.25, -0.2) is 8.42 Å². The molecule has 0 spiro atoms. The van der Waals surface area contributed by atoms with E-state index in [0.29, 0.717) is 27.7 Å². The molecule has 0 fully saturated rings. The Balaban J connectivity index is 2.09. The number of sulfonamides is 1. The summed E-state index contributed by atoms with van der Waals surface area (Å²) in [7, 11) is -2.62. The van der Waals surface area contributed by atoms with Crippen LogP contribution >= 0.6 is 23.2 Å². The fraction of sp³-hybridized carbons (Fsp3) is 0.286. The van der Waals surface area contributed by atoms with Crippen molar-refractivity contribution in [1.29, 1.82) is 0 Å². The van der Waals surface area contributed by atoms with Gasteiger partial charge < -0.3 is 10.2 Å². The molecule has 10 heteroatoms. The molecule has 3 aromatic carbocycles. The number of nitrogens with one attached hydrogen (secondary N) is 1. The van der Waals surface area contributed by atoms with Crippen molar-refractivity contribution >= 4 is 50.7 Å². The standard InChI is InChI=1S/C28H31Cl2N3O4S/c1-5-26(28(35)31-4)32(17-21-11-12-24(29)25(30)16-21)27(34)18-33(22-14-19(2)13-20(3)15-22)38(36,37)23-9-7-6-8-10-23/h6-16,26H,5,17-18H2,1-4H3,(H,31,35)/t26-/m1/s1. The summed E-state index contributed by atoms with van der Waals surface area (Å²) in [5.41, 5.74) is 2.72. The van der Waals surface area contributed by atoms with Crippen molar-refractivity contribution in [3.05, 3.63) is 93.5 Å². The molecule has 0 aliphatic heterocycles. The number of halogens is 2. The summed E-state index contributed by atoms with van der Waals surface area (Å²) in [6.45, 7) is 5.04. The maximum absolute atomic E-state index is 13.9. The van der Waals surface area contributed by atoms with Crippen LogP contribution in [-0.2, 0) is 26.2 Å². The van der Waals surface area contributed by atoms with E-state index in [4.69, 9.17) is 23.2 Å². The molecular weight excluding hydrogens is 545 g/mol. The average Bonchev–Trinajstić information content (AvgIpc) is 2.88. The maximum atomic E-state index is 13.9. The van der Waals surface area contributed by atoms with E-state index < -0.39 is 28.5 Å². The Labute approximate surface area is 234 Å². The summed E-state index contributed by atoms with van der Waals surface area (Å²) in [6, 6.07) is 17.5. The summed E-state index contributed by atoms with van der Waals surface area (Å²) in [5, 5.41) is 3.28. The van der Waals surface area contributed by atoms with Crippen molar-refractivity contribution in [3.63, 3.8) is 0 Å². The molecule has 0 saturated carbocycles. The lowest BCUT2D eigenvalue weighted by atomic mass is 10.1. The fourth-order valence-electron chi connectivity index (χ4n) is 4.26. The maximum Gasteiger partial charge on any atom is 0.264 e. The monoisotopic (exact) mass is 575 g/mol. The quantitative estimate of drug-likeness (QED) is 0.352. The molecular formula is C28H31Cl2N3O4S. The van der Waals surface area contributed by atoms with Crippen LogP contribution in [0.3, 0.4) is 0 Å². The number of anilines is 1. The highest BCUT2D eigenvalue weighted by atomic mass is 35.5. The van der Waals surface area contributed by atoms with Gasteiger partial charge in [0.1, 0.15) is 12.6 Å². The van der Waals surface area contributed by atoms with Crippen LogP contribution < -0.4 is 9.62 Å². The van der Waals surface area contributed by atoms with Crippen molar-refractivity contribution in [2.45, 2.75) is 44.7 Å². The minimum absolute atomic E-state index is 0.0354. The van der Waals surface area contributed by atoms with E-state index in [1.807, 2.05) is 19.9 Å². The molecule has 2 amide bonds. The Morgan fingerprint density at radius 2 is 1.55 bits per heavy atom. The van der Waals surface area contributed by atoms with Crippen molar-refractivity contribution in [1.82, 2.24) is 10.2 Å². The van der Waals surface area contributed by atoms with Crippen LogP contribution in [0, 0.1) is 13.8 Å². The topological polar surface area (TPSA) is 86.8 Å². The lowest BCUT2D eigenvalue weighted by Gasteiger charge is -2.33. The van der Waals surface area contributed by atoms with Gasteiger partial charge in [0.25, 0.3) is 10.0 Å². The number of likely N-dealkylation sites (N-methyl/N-ethyl adjacent to an activating group) is 1. The zero-order chi connectivity index (χ0) is 28.0. The number of aryl methyl sites for hydroxylation is 2. The van der Waals surface area contributed by atoms with E-state index in [1.165, 1.54) is 24.1 Å². The molecule has 0 saturated heterocycles. The number of hydrogen-bond donors (Lipinski definition) is 1. The number of rotatable bonds is 10. The molecule has 3 aromatic rings. The first-order valence-corrected chi connectivity index (χ1v) is 14.3. The Bertz CT molecular complexity index is 1390. The molecule has 0 aliphatic rings. The van der Waals surface area contributed by atoms with E-state index in [-0.39, 0.29) is 17.3 Å². The van der Waals surface area contributed by atoms with Gasteiger partial charge >= 0.3 is 0 Å². The summed E-state index contributed by atoms with van der Waals surface area (Å²) < 4.78 is 28.8. The van der Waals surface area contributed by atoms with Crippen molar-refractivity contribution in [3.8, 4) is 0 Å². The van der Waals surface area contributed by atoms with Gasteiger partial charge in [0.05, 0.1) is 20.6 Å². The summed E-state index contributed by atoms with van der Waals surface area (Å²) in [4.78, 5) is 28.2. The number of amides is 2. The summed E-state index contributed by atoms with van der Waals surface area (Å²) in [5.74, 6) is -0.894. The Hall–Kier alpha value is -3.07. The van der Waals surface area contributed by atoms with Gasteiger partial charge in [-0.15, -0.1) is 0 Å². The predicted octanol–water partition coefficient (Wildman–Crippen LogP) is 5.36. The lowest BCUT2D eigenvalue weighted by molar-refractivity contribution is -0.140. The SMILES string of the molecule is CC[C@H](C(=O)NC)N(Cc1ccc(Cl)c(Cl)c1)C(=O)CN(c1cc(C)cc(C)c1)S(=O)(=O)c1ccccc1. The fourth-order valence-corrected chi connectivity index (χ4v) is 6.00. The van der Waals surface area contributed by atoms with Crippen LogP contribution in [0.5, 0.6) is 0 Å². The Morgan fingerprint density at radius 3 is 2.11 bits per heavy atom. The van der Waals surface area contributed by atoms with E-state index in [9.17, 15) is 18.0 Å². The molecule has 202 valence electrons. The van der Waals surface area contributed by atoms with Crippen LogP contribution in [0.1, 0.15) is 30.0 Å². The smallest absolute Gasteiger partial charge is 0.264 e. The highest BCUT2D eigenvalue weighted by Gasteiger charge is 2.33. The average molecular weight is 577 g/mol. The number of nitrogens with zero attached hydrogens (tertiary/aromatic N) is 2. The van der Waals surface area contributed by atoms with Gasteiger partial charge in [0, 0.05) is 13.6 Å². The van der Waals surface area contributed by atoms with Crippen LogP contribution in [0.2, 0.25) is 10.0 Å². The molecule has 1 N–H and O–H groups in total. The number of carbonyl (C=O) groups excluding carboxylic acids is 2. The van der Waals surface area contributed by atoms with Crippen molar-refractivity contribution < 1.29 is 18.0 Å². The molecule has 0 radical (unpaired) electrons. The molecule has 0 bridgehead atoms. The summed E-state index contributed by atoms with van der Waals surface area (Å²) in [6.07, 6.45) is 0.321. The van der Waals surface area contributed by atoms with Gasteiger partial charge in [0.2, 0.25) is 11.8 Å². The second kappa shape index (κ2) is 12.7. The minimum atomic E-state index is -4.11. The van der Waals surface area contributed by atoms with Crippen LogP contribution in [0.4, 0.5) is 5.69 Å². The Kier molecular flexibility index (Phi) is 9.82. The predicted molar refractivity (Wildman–Crippen MR) is 152 cm³/mol. The van der Waals surface area contributed by atoms with Gasteiger partial charge in [-0.05, 0) is 73.4 Å². The second-order valence-corrected chi connectivity index (χ2v) is 11.7. The first-order chi connectivity index (χ1) is 18.0. The highest BCUT2D eigenvalue weighted by Crippen LogP contribution is 2.28. The third kappa shape index (κ3) is 6.87. The highest BCUT2D eigenvalue weighted by molar-refractivity contribution is 7.92. The molecule has 1 atom stereocenters. The van der Waals surface area contributed by atoms with E-state index in [0.717, 1.165) is 15.4 Å². The largest absolute Gasteiger partial charge is 0.357 e. The van der Waals surface area contributed by atoms with Gasteiger partial charge in [-0.3, -0.25) is 13.9 Å². The number of hydrogen-bond acceptors (Lipinski definition) is 4. The second-order valence-electron chi connectivity index (χ2n) is 8.98. The molecule has 3 rings (SSSR count). The zero-order valence-electron chi connectivity index (χ0n) is 21.7. The first-order valence-electron chi connectivity index (χ1n) is 12.1. The third-order valence-corrected chi connectivity index (χ3v) is 8.60. The van der Waals surface area contributed by atoms with Crippen molar-refractivity contribution in [2.75, 3.05) is 17.9 Å².